The normalized spacial score (nSPS) is 15.4. The van der Waals surface area contributed by atoms with Crippen molar-refractivity contribution in [2.24, 2.45) is 0 Å². The van der Waals surface area contributed by atoms with Gasteiger partial charge < -0.3 is 0 Å². The molecule has 4 heteroatoms. The number of hydrogen-bond donors (Lipinski definition) is 1. The Balaban J connectivity index is 1.77. The molecule has 0 bridgehead atoms. The number of benzene rings is 2. The van der Waals surface area contributed by atoms with Crippen LogP contribution in [-0.2, 0) is 4.79 Å². The first-order valence-electron chi connectivity index (χ1n) is 6.63. The summed E-state index contributed by atoms with van der Waals surface area (Å²) in [6.07, 6.45) is 1.69. The van der Waals surface area contributed by atoms with Crippen LogP contribution in [0.15, 0.2) is 59.5 Å². The van der Waals surface area contributed by atoms with Gasteiger partial charge in [-0.3, -0.25) is 14.9 Å². The highest BCUT2D eigenvalue weighted by Crippen LogP contribution is 2.25. The Kier molecular flexibility index (Phi) is 4.08. The second kappa shape index (κ2) is 6.33. The van der Waals surface area contributed by atoms with E-state index in [2.05, 4.69) is 17.2 Å². The van der Waals surface area contributed by atoms with E-state index in [0.29, 0.717) is 4.91 Å². The van der Waals surface area contributed by atoms with Crippen molar-refractivity contribution in [3.8, 4) is 11.8 Å². The minimum Gasteiger partial charge on any atom is -0.282 e. The summed E-state index contributed by atoms with van der Waals surface area (Å²) < 4.78 is 0. The zero-order valence-corrected chi connectivity index (χ0v) is 12.3. The van der Waals surface area contributed by atoms with Gasteiger partial charge >= 0.3 is 0 Å². The molecule has 3 rings (SSSR count). The Hall–Kier alpha value is -2.77. The topological polar surface area (TPSA) is 46.2 Å². The van der Waals surface area contributed by atoms with Crippen LogP contribution in [0.4, 0.5) is 4.79 Å². The van der Waals surface area contributed by atoms with Crippen LogP contribution >= 0.6 is 11.8 Å². The van der Waals surface area contributed by atoms with E-state index in [4.69, 9.17) is 0 Å². The molecule has 1 heterocycles. The third-order valence-electron chi connectivity index (χ3n) is 2.98. The summed E-state index contributed by atoms with van der Waals surface area (Å²) in [5.74, 6) is 5.83. The van der Waals surface area contributed by atoms with Crippen molar-refractivity contribution in [2.45, 2.75) is 0 Å². The summed E-state index contributed by atoms with van der Waals surface area (Å²) in [4.78, 5) is 23.0. The number of imide groups is 1. The quantitative estimate of drug-likeness (QED) is 0.649. The Labute approximate surface area is 132 Å². The molecule has 1 saturated heterocycles. The Morgan fingerprint density at radius 1 is 0.864 bits per heavy atom. The number of carbonyl (C=O) groups excluding carboxylic acids is 2. The van der Waals surface area contributed by atoms with Crippen molar-refractivity contribution >= 4 is 29.0 Å². The first kappa shape index (κ1) is 14.2. The monoisotopic (exact) mass is 305 g/mol. The van der Waals surface area contributed by atoms with Gasteiger partial charge in [0, 0.05) is 11.1 Å². The number of hydrogen-bond acceptors (Lipinski definition) is 3. The highest BCUT2D eigenvalue weighted by molar-refractivity contribution is 8.18. The van der Waals surface area contributed by atoms with Crippen LogP contribution in [0.1, 0.15) is 16.7 Å². The molecule has 1 N–H and O–H groups in total. The molecule has 0 radical (unpaired) electrons. The number of nitrogens with one attached hydrogen (secondary N) is 1. The van der Waals surface area contributed by atoms with Gasteiger partial charge in [0.05, 0.1) is 4.91 Å². The molecule has 0 aliphatic carbocycles. The van der Waals surface area contributed by atoms with Crippen LogP contribution in [0.2, 0.25) is 0 Å². The van der Waals surface area contributed by atoms with E-state index in [1.807, 2.05) is 54.6 Å². The van der Waals surface area contributed by atoms with Crippen LogP contribution < -0.4 is 5.32 Å². The number of rotatable bonds is 1. The summed E-state index contributed by atoms with van der Waals surface area (Å²) >= 11 is 0.914. The van der Waals surface area contributed by atoms with Gasteiger partial charge in [-0.15, -0.1) is 0 Å². The van der Waals surface area contributed by atoms with E-state index < -0.39 is 0 Å². The van der Waals surface area contributed by atoms with Gasteiger partial charge in [-0.05, 0) is 47.7 Å². The fourth-order valence-corrected chi connectivity index (χ4v) is 2.58. The zero-order valence-electron chi connectivity index (χ0n) is 11.5. The van der Waals surface area contributed by atoms with Gasteiger partial charge in [-0.25, -0.2) is 0 Å². The summed E-state index contributed by atoms with van der Waals surface area (Å²) in [6.45, 7) is 0. The van der Waals surface area contributed by atoms with Crippen LogP contribution in [0.5, 0.6) is 0 Å². The first-order valence-corrected chi connectivity index (χ1v) is 7.44. The molecule has 0 unspecified atom stereocenters. The second-order valence-corrected chi connectivity index (χ2v) is 5.61. The molecule has 1 fully saturated rings. The maximum Gasteiger partial charge on any atom is 0.290 e. The average molecular weight is 305 g/mol. The van der Waals surface area contributed by atoms with E-state index in [0.717, 1.165) is 28.5 Å². The minimum atomic E-state index is -0.344. The molecule has 22 heavy (non-hydrogen) atoms. The third kappa shape index (κ3) is 3.46. The number of thioether (sulfide) groups is 1. The standard InChI is InChI=1S/C18H11NO2S/c20-17-16(22-18(21)19-17)12-15-10-8-14(9-11-15)7-6-13-4-2-1-3-5-13/h1-5,8-12H,(H,19,20,21). The molecule has 2 aromatic carbocycles. The number of amides is 2. The molecule has 2 amide bonds. The SMILES string of the molecule is O=C1NC(=O)C(=Cc2ccc(C#Cc3ccccc3)cc2)S1. The smallest absolute Gasteiger partial charge is 0.282 e. The van der Waals surface area contributed by atoms with Crippen molar-refractivity contribution in [3.63, 3.8) is 0 Å². The first-order chi connectivity index (χ1) is 10.7. The van der Waals surface area contributed by atoms with Crippen LogP contribution in [-0.4, -0.2) is 11.1 Å². The number of carbonyl (C=O) groups is 2. The largest absolute Gasteiger partial charge is 0.290 e. The van der Waals surface area contributed by atoms with Gasteiger partial charge in [0.15, 0.2) is 0 Å². The lowest BCUT2D eigenvalue weighted by Gasteiger charge is -1.96. The van der Waals surface area contributed by atoms with E-state index >= 15 is 0 Å². The zero-order chi connectivity index (χ0) is 15.4. The van der Waals surface area contributed by atoms with Gasteiger partial charge in [0.25, 0.3) is 11.1 Å². The second-order valence-electron chi connectivity index (χ2n) is 4.59. The van der Waals surface area contributed by atoms with Gasteiger partial charge in [0.1, 0.15) is 0 Å². The molecule has 0 saturated carbocycles. The highest BCUT2D eigenvalue weighted by atomic mass is 32.2. The van der Waals surface area contributed by atoms with Gasteiger partial charge in [-0.2, -0.15) is 0 Å². The Bertz CT molecular complexity index is 812. The predicted octanol–water partition coefficient (Wildman–Crippen LogP) is 3.41. The highest BCUT2D eigenvalue weighted by Gasteiger charge is 2.24. The molecule has 2 aromatic rings. The van der Waals surface area contributed by atoms with Crippen LogP contribution in [0.3, 0.4) is 0 Å². The van der Waals surface area contributed by atoms with E-state index in [-0.39, 0.29) is 11.1 Å². The molecular formula is C18H11NO2S. The molecule has 1 aliphatic rings. The van der Waals surface area contributed by atoms with Crippen molar-refractivity contribution in [3.05, 3.63) is 76.2 Å². The fourth-order valence-electron chi connectivity index (χ4n) is 1.90. The van der Waals surface area contributed by atoms with Crippen molar-refractivity contribution in [2.75, 3.05) is 0 Å². The van der Waals surface area contributed by atoms with Crippen molar-refractivity contribution in [1.29, 1.82) is 0 Å². The van der Waals surface area contributed by atoms with E-state index in [9.17, 15) is 9.59 Å². The van der Waals surface area contributed by atoms with Crippen LogP contribution in [0, 0.1) is 11.8 Å². The summed E-state index contributed by atoms with van der Waals surface area (Å²) in [7, 11) is 0. The molecule has 0 spiro atoms. The summed E-state index contributed by atoms with van der Waals surface area (Å²) in [5, 5.41) is 1.90. The lowest BCUT2D eigenvalue weighted by Crippen LogP contribution is -2.17. The maximum atomic E-state index is 11.5. The molecule has 3 nitrogen and oxygen atoms in total. The van der Waals surface area contributed by atoms with Crippen LogP contribution in [0.25, 0.3) is 6.08 Å². The third-order valence-corrected chi connectivity index (χ3v) is 3.79. The van der Waals surface area contributed by atoms with Gasteiger partial charge in [-0.1, -0.05) is 42.2 Å². The summed E-state index contributed by atoms with van der Waals surface area (Å²) in [5.41, 5.74) is 2.72. The molecule has 106 valence electrons. The fraction of sp³-hybridized carbons (Fsp3) is 0. The lowest BCUT2D eigenvalue weighted by molar-refractivity contribution is -0.115. The van der Waals surface area contributed by atoms with E-state index in [1.165, 1.54) is 0 Å². The Morgan fingerprint density at radius 2 is 1.50 bits per heavy atom. The Morgan fingerprint density at radius 3 is 2.09 bits per heavy atom. The predicted molar refractivity (Wildman–Crippen MR) is 88.0 cm³/mol. The molecular weight excluding hydrogens is 294 g/mol. The van der Waals surface area contributed by atoms with Gasteiger partial charge in [0.2, 0.25) is 0 Å². The molecule has 1 aliphatic heterocycles. The molecule has 0 atom stereocenters. The minimum absolute atomic E-state index is 0.332. The molecule has 0 aromatic heterocycles. The summed E-state index contributed by atoms with van der Waals surface area (Å²) in [6, 6.07) is 17.3. The van der Waals surface area contributed by atoms with Crippen molar-refractivity contribution < 1.29 is 9.59 Å². The maximum absolute atomic E-state index is 11.5. The van der Waals surface area contributed by atoms with Crippen molar-refractivity contribution in [1.82, 2.24) is 5.32 Å². The van der Waals surface area contributed by atoms with E-state index in [1.54, 1.807) is 6.08 Å². The average Bonchev–Trinajstić information content (AvgIpc) is 2.85. The lowest BCUT2D eigenvalue weighted by atomic mass is 10.1.